The van der Waals surface area contributed by atoms with Crippen LogP contribution in [0.1, 0.15) is 41.8 Å². The standard InChI is InChI=1S/C12H11F2NO2/c1-3-17-11-5-8(7(2)16)4-9(12(13)14)10(11)6-15/h4-5,12H,3H2,1-2H3. The number of rotatable bonds is 4. The topological polar surface area (TPSA) is 50.1 Å². The Labute approximate surface area is 97.6 Å². The van der Waals surface area contributed by atoms with Crippen molar-refractivity contribution in [2.45, 2.75) is 20.3 Å². The minimum absolute atomic E-state index is 0.0259. The number of carbonyl (C=O) groups is 1. The molecule has 0 unspecified atom stereocenters. The second-order valence-corrected chi connectivity index (χ2v) is 3.34. The Bertz CT molecular complexity index is 478. The van der Waals surface area contributed by atoms with Gasteiger partial charge in [-0.3, -0.25) is 4.79 Å². The normalized spacial score (nSPS) is 10.1. The number of hydrogen-bond donors (Lipinski definition) is 0. The lowest BCUT2D eigenvalue weighted by Crippen LogP contribution is -2.03. The molecule has 1 aromatic carbocycles. The fourth-order valence-electron chi connectivity index (χ4n) is 1.40. The summed E-state index contributed by atoms with van der Waals surface area (Å²) >= 11 is 0. The second kappa shape index (κ2) is 5.39. The van der Waals surface area contributed by atoms with Gasteiger partial charge in [-0.2, -0.15) is 5.26 Å². The number of hydrogen-bond acceptors (Lipinski definition) is 3. The number of alkyl halides is 2. The van der Waals surface area contributed by atoms with Gasteiger partial charge in [-0.1, -0.05) is 0 Å². The minimum atomic E-state index is -2.82. The van der Waals surface area contributed by atoms with Crippen molar-refractivity contribution in [3.8, 4) is 11.8 Å². The van der Waals surface area contributed by atoms with Crippen LogP contribution in [0.3, 0.4) is 0 Å². The van der Waals surface area contributed by atoms with E-state index in [2.05, 4.69) is 0 Å². The Hall–Kier alpha value is -1.96. The summed E-state index contributed by atoms with van der Waals surface area (Å²) in [7, 11) is 0. The van der Waals surface area contributed by atoms with Crippen LogP contribution in [0.2, 0.25) is 0 Å². The van der Waals surface area contributed by atoms with E-state index in [0.29, 0.717) is 0 Å². The van der Waals surface area contributed by atoms with Crippen LogP contribution in [-0.2, 0) is 0 Å². The van der Waals surface area contributed by atoms with Gasteiger partial charge in [0, 0.05) is 11.1 Å². The van der Waals surface area contributed by atoms with Crippen molar-refractivity contribution in [2.75, 3.05) is 6.61 Å². The zero-order valence-corrected chi connectivity index (χ0v) is 9.46. The first-order valence-electron chi connectivity index (χ1n) is 5.01. The lowest BCUT2D eigenvalue weighted by atomic mass is 10.0. The summed E-state index contributed by atoms with van der Waals surface area (Å²) in [4.78, 5) is 11.2. The van der Waals surface area contributed by atoms with E-state index in [9.17, 15) is 13.6 Å². The van der Waals surface area contributed by atoms with E-state index in [1.165, 1.54) is 13.0 Å². The van der Waals surface area contributed by atoms with Gasteiger partial charge in [-0.05, 0) is 26.0 Å². The molecular formula is C12H11F2NO2. The molecule has 0 atom stereocenters. The van der Waals surface area contributed by atoms with Crippen molar-refractivity contribution >= 4 is 5.78 Å². The molecule has 0 fully saturated rings. The summed E-state index contributed by atoms with van der Waals surface area (Å²) in [6.45, 7) is 3.18. The summed E-state index contributed by atoms with van der Waals surface area (Å²) < 4.78 is 30.6. The Kier molecular flexibility index (Phi) is 4.16. The van der Waals surface area contributed by atoms with Gasteiger partial charge in [0.25, 0.3) is 6.43 Å². The van der Waals surface area contributed by atoms with Gasteiger partial charge in [0.05, 0.1) is 6.61 Å². The molecule has 0 saturated heterocycles. The van der Waals surface area contributed by atoms with E-state index in [-0.39, 0.29) is 29.3 Å². The summed E-state index contributed by atoms with van der Waals surface area (Å²) in [5.74, 6) is -0.324. The number of nitrogens with zero attached hydrogens (tertiary/aromatic N) is 1. The number of benzene rings is 1. The smallest absolute Gasteiger partial charge is 0.265 e. The van der Waals surface area contributed by atoms with Crippen molar-refractivity contribution in [3.63, 3.8) is 0 Å². The molecule has 0 aliphatic heterocycles. The van der Waals surface area contributed by atoms with Crippen LogP contribution < -0.4 is 4.74 Å². The second-order valence-electron chi connectivity index (χ2n) is 3.34. The van der Waals surface area contributed by atoms with Crippen LogP contribution in [0.4, 0.5) is 8.78 Å². The molecule has 0 bridgehead atoms. The molecule has 0 aromatic heterocycles. The lowest BCUT2D eigenvalue weighted by Gasteiger charge is -2.11. The van der Waals surface area contributed by atoms with E-state index in [1.807, 2.05) is 0 Å². The van der Waals surface area contributed by atoms with Gasteiger partial charge >= 0.3 is 0 Å². The van der Waals surface area contributed by atoms with Crippen molar-refractivity contribution in [2.24, 2.45) is 0 Å². The summed E-state index contributed by atoms with van der Waals surface area (Å²) in [5.41, 5.74) is -0.571. The third-order valence-corrected chi connectivity index (χ3v) is 2.19. The fraction of sp³-hybridized carbons (Fsp3) is 0.333. The van der Waals surface area contributed by atoms with Gasteiger partial charge in [0.15, 0.2) is 5.78 Å². The highest BCUT2D eigenvalue weighted by molar-refractivity contribution is 5.95. The molecule has 0 aliphatic carbocycles. The molecule has 1 rings (SSSR count). The van der Waals surface area contributed by atoms with E-state index in [0.717, 1.165) is 6.07 Å². The van der Waals surface area contributed by atoms with Crippen LogP contribution in [0, 0.1) is 11.3 Å². The highest BCUT2D eigenvalue weighted by Crippen LogP contribution is 2.31. The highest BCUT2D eigenvalue weighted by atomic mass is 19.3. The third kappa shape index (κ3) is 2.78. The van der Waals surface area contributed by atoms with Crippen molar-refractivity contribution < 1.29 is 18.3 Å². The Morgan fingerprint density at radius 1 is 1.53 bits per heavy atom. The maximum Gasteiger partial charge on any atom is 0.265 e. The molecule has 17 heavy (non-hydrogen) atoms. The molecule has 1 aromatic rings. The first kappa shape index (κ1) is 13.1. The Morgan fingerprint density at radius 3 is 2.59 bits per heavy atom. The van der Waals surface area contributed by atoms with Gasteiger partial charge in [0.2, 0.25) is 0 Å². The van der Waals surface area contributed by atoms with E-state index in [1.54, 1.807) is 13.0 Å². The number of carbonyl (C=O) groups excluding carboxylic acids is 1. The largest absolute Gasteiger partial charge is 0.492 e. The van der Waals surface area contributed by atoms with Crippen LogP contribution >= 0.6 is 0 Å². The van der Waals surface area contributed by atoms with Crippen molar-refractivity contribution in [1.29, 1.82) is 5.26 Å². The summed E-state index contributed by atoms with van der Waals surface area (Å²) in [6.07, 6.45) is -2.82. The summed E-state index contributed by atoms with van der Waals surface area (Å²) in [5, 5.41) is 8.86. The van der Waals surface area contributed by atoms with Gasteiger partial charge in [0.1, 0.15) is 17.4 Å². The molecule has 3 nitrogen and oxygen atoms in total. The van der Waals surface area contributed by atoms with Gasteiger partial charge in [-0.15, -0.1) is 0 Å². The van der Waals surface area contributed by atoms with Crippen molar-refractivity contribution in [3.05, 3.63) is 28.8 Å². The molecule has 0 N–H and O–H groups in total. The first-order chi connectivity index (χ1) is 8.01. The molecule has 0 aliphatic rings. The van der Waals surface area contributed by atoms with Gasteiger partial charge < -0.3 is 4.74 Å². The molecule has 0 amide bonds. The van der Waals surface area contributed by atoms with Crippen molar-refractivity contribution in [1.82, 2.24) is 0 Å². The average Bonchev–Trinajstić information content (AvgIpc) is 2.28. The van der Waals surface area contributed by atoms with Gasteiger partial charge in [-0.25, -0.2) is 8.78 Å². The van der Waals surface area contributed by atoms with E-state index in [4.69, 9.17) is 10.00 Å². The number of ketones is 1. The average molecular weight is 239 g/mol. The van der Waals surface area contributed by atoms with E-state index < -0.39 is 12.0 Å². The van der Waals surface area contributed by atoms with Crippen LogP contribution in [0.15, 0.2) is 12.1 Å². The molecule has 90 valence electrons. The Morgan fingerprint density at radius 2 is 2.18 bits per heavy atom. The first-order valence-corrected chi connectivity index (χ1v) is 5.01. The predicted molar refractivity (Wildman–Crippen MR) is 57.3 cm³/mol. The maximum atomic E-state index is 12.8. The van der Waals surface area contributed by atoms with Crippen LogP contribution in [0.5, 0.6) is 5.75 Å². The molecule has 5 heteroatoms. The number of halogens is 2. The number of ether oxygens (including phenoxy) is 1. The molecule has 0 radical (unpaired) electrons. The molecule has 0 saturated carbocycles. The molecule has 0 heterocycles. The Balaban J connectivity index is 3.46. The molecule has 0 spiro atoms. The predicted octanol–water partition coefficient (Wildman–Crippen LogP) is 3.10. The zero-order valence-electron chi connectivity index (χ0n) is 9.46. The quantitative estimate of drug-likeness (QED) is 0.758. The minimum Gasteiger partial charge on any atom is -0.492 e. The zero-order chi connectivity index (χ0) is 13.0. The maximum absolute atomic E-state index is 12.8. The number of Topliss-reactive ketones (excluding diaryl/α,β-unsaturated/α-hetero) is 1. The lowest BCUT2D eigenvalue weighted by molar-refractivity contribution is 0.101. The summed E-state index contributed by atoms with van der Waals surface area (Å²) in [6, 6.07) is 4.03. The molecular weight excluding hydrogens is 228 g/mol. The fourth-order valence-corrected chi connectivity index (χ4v) is 1.40. The SMILES string of the molecule is CCOc1cc(C(C)=O)cc(C(F)F)c1C#N. The third-order valence-electron chi connectivity index (χ3n) is 2.19. The highest BCUT2D eigenvalue weighted by Gasteiger charge is 2.20. The van der Waals surface area contributed by atoms with Crippen LogP contribution in [0.25, 0.3) is 0 Å². The number of nitriles is 1. The monoisotopic (exact) mass is 239 g/mol. The van der Waals surface area contributed by atoms with E-state index >= 15 is 0 Å². The van der Waals surface area contributed by atoms with Crippen LogP contribution in [-0.4, -0.2) is 12.4 Å².